The van der Waals surface area contributed by atoms with Gasteiger partial charge in [0.15, 0.2) is 0 Å². The Kier molecular flexibility index (Phi) is 3.92. The van der Waals surface area contributed by atoms with Crippen LogP contribution < -0.4 is 0 Å². The van der Waals surface area contributed by atoms with Crippen molar-refractivity contribution in [2.45, 2.75) is 6.54 Å². The Hall–Kier alpha value is -1.28. The molecule has 0 saturated carbocycles. The number of hydrogen-bond acceptors (Lipinski definition) is 1. The molecule has 0 saturated heterocycles. The molecule has 0 N–H and O–H groups in total. The highest BCUT2D eigenvalue weighted by Gasteiger charge is 1.96. The molecule has 2 aromatic carbocycles. The van der Waals surface area contributed by atoms with Crippen molar-refractivity contribution in [1.82, 2.24) is 4.90 Å². The van der Waals surface area contributed by atoms with Crippen LogP contribution in [0.5, 0.6) is 0 Å². The molecule has 3 radical (unpaired) electrons. The first-order chi connectivity index (χ1) is 6.75. The lowest BCUT2D eigenvalue weighted by Crippen LogP contribution is -2.10. The maximum absolute atomic E-state index is 2.26. The average Bonchev–Trinajstić information content (AvgIpc) is 2.17. The van der Waals surface area contributed by atoms with Gasteiger partial charge in [-0.15, -0.1) is 0 Å². The predicted octanol–water partition coefficient (Wildman–Crippen LogP) is 2.52. The summed E-state index contributed by atoms with van der Waals surface area (Å²) in [4.78, 5) is 2.18. The lowest BCUT2D eigenvalue weighted by Gasteiger charge is -2.10. The highest BCUT2D eigenvalue weighted by Crippen LogP contribution is 2.16. The molecule has 0 unspecified atom stereocenters. The van der Waals surface area contributed by atoms with Crippen molar-refractivity contribution in [2.75, 3.05) is 14.1 Å². The number of nitrogens with zero attached hydrogens (tertiary/aromatic N) is 1. The largest absolute Gasteiger partial charge is 0.305 e. The van der Waals surface area contributed by atoms with Crippen LogP contribution in [0.4, 0.5) is 0 Å². The fourth-order valence-electron chi connectivity index (χ4n) is 1.70. The maximum Gasteiger partial charge on any atom is 0.0227 e. The van der Waals surface area contributed by atoms with Gasteiger partial charge < -0.3 is 4.90 Å². The van der Waals surface area contributed by atoms with Crippen LogP contribution >= 0.6 is 0 Å². The number of fused-ring (bicyclic) bond motifs is 1. The first-order valence-corrected chi connectivity index (χ1v) is 4.88. The van der Waals surface area contributed by atoms with Gasteiger partial charge in [0.2, 0.25) is 0 Å². The van der Waals surface area contributed by atoms with Gasteiger partial charge in [0.05, 0.1) is 0 Å². The van der Waals surface area contributed by atoms with Gasteiger partial charge in [-0.05, 0) is 36.5 Å². The van der Waals surface area contributed by atoms with Gasteiger partial charge in [-0.3, -0.25) is 0 Å². The van der Waals surface area contributed by atoms with E-state index in [4.69, 9.17) is 0 Å². The van der Waals surface area contributed by atoms with E-state index in [1.165, 1.54) is 16.3 Å². The quantitative estimate of drug-likeness (QED) is 0.667. The van der Waals surface area contributed by atoms with Crippen LogP contribution in [0.15, 0.2) is 42.5 Å². The summed E-state index contributed by atoms with van der Waals surface area (Å²) < 4.78 is 0. The fraction of sp³-hybridized carbons (Fsp3) is 0.231. The third kappa shape index (κ3) is 2.83. The Morgan fingerprint density at radius 3 is 2.27 bits per heavy atom. The second-order valence-electron chi connectivity index (χ2n) is 3.92. The third-order valence-corrected chi connectivity index (χ3v) is 2.31. The molecule has 0 aliphatic heterocycles. The van der Waals surface area contributed by atoms with E-state index in [2.05, 4.69) is 61.5 Å². The highest BCUT2D eigenvalue weighted by atomic mass is 15.0. The molecule has 0 amide bonds. The van der Waals surface area contributed by atoms with Crippen LogP contribution in [0.3, 0.4) is 0 Å². The second kappa shape index (κ2) is 4.99. The van der Waals surface area contributed by atoms with Crippen LogP contribution in [-0.4, -0.2) is 27.4 Å². The zero-order valence-corrected chi connectivity index (χ0v) is 9.27. The van der Waals surface area contributed by atoms with Gasteiger partial charge in [-0.2, -0.15) is 0 Å². The van der Waals surface area contributed by atoms with Crippen molar-refractivity contribution in [3.63, 3.8) is 0 Å². The molecule has 0 fully saturated rings. The van der Waals surface area contributed by atoms with E-state index in [0.29, 0.717) is 0 Å². The minimum Gasteiger partial charge on any atom is -0.305 e. The molecule has 75 valence electrons. The van der Waals surface area contributed by atoms with Crippen molar-refractivity contribution >= 4 is 19.2 Å². The van der Waals surface area contributed by atoms with Gasteiger partial charge in [0.1, 0.15) is 0 Å². The topological polar surface area (TPSA) is 3.24 Å². The Morgan fingerprint density at radius 2 is 1.60 bits per heavy atom. The van der Waals surface area contributed by atoms with Gasteiger partial charge in [0, 0.05) is 15.0 Å². The Bertz CT molecular complexity index is 437. The van der Waals surface area contributed by atoms with Crippen LogP contribution in [0.25, 0.3) is 10.8 Å². The summed E-state index contributed by atoms with van der Waals surface area (Å²) in [5.74, 6) is 0. The number of rotatable bonds is 2. The van der Waals surface area contributed by atoms with Crippen LogP contribution in [0.1, 0.15) is 5.56 Å². The van der Waals surface area contributed by atoms with E-state index in [9.17, 15) is 0 Å². The van der Waals surface area contributed by atoms with E-state index < -0.39 is 0 Å². The molecule has 0 aromatic heterocycles. The first kappa shape index (κ1) is 11.8. The van der Waals surface area contributed by atoms with Crippen molar-refractivity contribution < 1.29 is 0 Å². The lowest BCUT2D eigenvalue weighted by molar-refractivity contribution is 0.403. The summed E-state index contributed by atoms with van der Waals surface area (Å²) in [7, 11) is 4.18. The molecule has 0 heterocycles. The number of hydrogen-bond donors (Lipinski definition) is 0. The molecule has 0 aliphatic rings. The SMILES string of the molecule is CN(C)Cc1ccc2ccccc2c1.[B]. The fourth-order valence-corrected chi connectivity index (χ4v) is 1.70. The molecular formula is C13H15BN. The highest BCUT2D eigenvalue weighted by molar-refractivity contribution is 5.82. The molecule has 0 spiro atoms. The van der Waals surface area contributed by atoms with Crippen molar-refractivity contribution in [1.29, 1.82) is 0 Å². The summed E-state index contributed by atoms with van der Waals surface area (Å²) in [6.07, 6.45) is 0. The molecule has 0 bridgehead atoms. The molecule has 2 aromatic rings. The molecule has 1 nitrogen and oxygen atoms in total. The zero-order chi connectivity index (χ0) is 9.97. The maximum atomic E-state index is 2.26. The Morgan fingerprint density at radius 1 is 0.933 bits per heavy atom. The third-order valence-electron chi connectivity index (χ3n) is 2.31. The molecule has 2 rings (SSSR count). The van der Waals surface area contributed by atoms with Crippen molar-refractivity contribution in [2.24, 2.45) is 0 Å². The second-order valence-corrected chi connectivity index (χ2v) is 3.92. The lowest BCUT2D eigenvalue weighted by atomic mass is 10.1. The van der Waals surface area contributed by atoms with E-state index in [1.54, 1.807) is 0 Å². The summed E-state index contributed by atoms with van der Waals surface area (Å²) >= 11 is 0. The predicted molar refractivity (Wildman–Crippen MR) is 67.1 cm³/mol. The summed E-state index contributed by atoms with van der Waals surface area (Å²) in [6.45, 7) is 1.00. The minimum absolute atomic E-state index is 0. The van der Waals surface area contributed by atoms with Gasteiger partial charge in [0.25, 0.3) is 0 Å². The van der Waals surface area contributed by atoms with Gasteiger partial charge in [-0.25, -0.2) is 0 Å². The van der Waals surface area contributed by atoms with Gasteiger partial charge in [-0.1, -0.05) is 36.4 Å². The van der Waals surface area contributed by atoms with Crippen LogP contribution in [-0.2, 0) is 6.54 Å². The molecule has 2 heteroatoms. The van der Waals surface area contributed by atoms with E-state index in [0.717, 1.165) is 6.54 Å². The van der Waals surface area contributed by atoms with E-state index >= 15 is 0 Å². The van der Waals surface area contributed by atoms with Crippen LogP contribution in [0.2, 0.25) is 0 Å². The normalized spacial score (nSPS) is 10.3. The zero-order valence-electron chi connectivity index (χ0n) is 9.27. The van der Waals surface area contributed by atoms with E-state index in [-0.39, 0.29) is 8.41 Å². The molecule has 0 atom stereocenters. The number of benzene rings is 2. The molecule has 0 aliphatic carbocycles. The molecular weight excluding hydrogens is 181 g/mol. The minimum atomic E-state index is 0. The van der Waals surface area contributed by atoms with E-state index in [1.807, 2.05) is 0 Å². The smallest absolute Gasteiger partial charge is 0.0227 e. The first-order valence-electron chi connectivity index (χ1n) is 4.88. The Balaban J connectivity index is 0.00000112. The summed E-state index contributed by atoms with van der Waals surface area (Å²) in [5, 5.41) is 2.64. The van der Waals surface area contributed by atoms with Crippen molar-refractivity contribution in [3.05, 3.63) is 48.0 Å². The summed E-state index contributed by atoms with van der Waals surface area (Å²) in [5.41, 5.74) is 1.37. The van der Waals surface area contributed by atoms with Crippen LogP contribution in [0, 0.1) is 0 Å². The summed E-state index contributed by atoms with van der Waals surface area (Å²) in [6, 6.07) is 15.1. The monoisotopic (exact) mass is 196 g/mol. The van der Waals surface area contributed by atoms with Gasteiger partial charge >= 0.3 is 0 Å². The Labute approximate surface area is 93.3 Å². The standard InChI is InChI=1S/C13H15N.B/c1-14(2)10-11-7-8-12-5-3-4-6-13(12)9-11;/h3-9H,10H2,1-2H3;. The molecule has 15 heavy (non-hydrogen) atoms. The van der Waals surface area contributed by atoms with Crippen molar-refractivity contribution in [3.8, 4) is 0 Å². The average molecular weight is 196 g/mol.